The van der Waals surface area contributed by atoms with E-state index in [9.17, 15) is 22.8 Å². The third-order valence-corrected chi connectivity index (χ3v) is 3.58. The van der Waals surface area contributed by atoms with Crippen LogP contribution in [0.3, 0.4) is 0 Å². The lowest BCUT2D eigenvalue weighted by atomic mass is 10.2. The Morgan fingerprint density at radius 1 is 1.00 bits per heavy atom. The second kappa shape index (κ2) is 8.02. The van der Waals surface area contributed by atoms with Crippen LogP contribution >= 0.6 is 11.6 Å². The first-order valence-electron chi connectivity index (χ1n) is 7.27. The first-order chi connectivity index (χ1) is 11.8. The summed E-state index contributed by atoms with van der Waals surface area (Å²) in [6, 6.07) is 10.6. The van der Waals surface area contributed by atoms with E-state index >= 15 is 0 Å². The zero-order valence-corrected chi connectivity index (χ0v) is 13.6. The molecule has 0 aliphatic rings. The number of halogens is 4. The van der Waals surface area contributed by atoms with E-state index < -0.39 is 23.6 Å². The maximum absolute atomic E-state index is 12.5. The van der Waals surface area contributed by atoms with Crippen molar-refractivity contribution >= 4 is 29.1 Å². The molecular weight excluding hydrogens is 357 g/mol. The zero-order chi connectivity index (χ0) is 18.4. The average Bonchev–Trinajstić information content (AvgIpc) is 2.54. The van der Waals surface area contributed by atoms with Crippen LogP contribution in [0.5, 0.6) is 0 Å². The van der Waals surface area contributed by atoms with Crippen LogP contribution in [0.2, 0.25) is 5.02 Å². The van der Waals surface area contributed by atoms with Gasteiger partial charge in [-0.05, 0) is 36.4 Å². The predicted molar refractivity (Wildman–Crippen MR) is 88.5 cm³/mol. The van der Waals surface area contributed by atoms with Crippen LogP contribution < -0.4 is 10.6 Å². The Kier molecular flexibility index (Phi) is 6.03. The lowest BCUT2D eigenvalue weighted by molar-refractivity contribution is -0.137. The highest BCUT2D eigenvalue weighted by Crippen LogP contribution is 2.29. The SMILES string of the molecule is O=C(CCNC(=O)c1ccccc1Cl)Nc1ccc(C(F)(F)F)cc1. The van der Waals surface area contributed by atoms with Gasteiger partial charge >= 0.3 is 6.18 Å². The first kappa shape index (κ1) is 18.8. The number of amides is 2. The van der Waals surface area contributed by atoms with Gasteiger partial charge in [-0.2, -0.15) is 13.2 Å². The highest BCUT2D eigenvalue weighted by Gasteiger charge is 2.29. The summed E-state index contributed by atoms with van der Waals surface area (Å²) in [5, 5.41) is 5.31. The number of benzene rings is 2. The fraction of sp³-hybridized carbons (Fsp3) is 0.176. The van der Waals surface area contributed by atoms with E-state index in [2.05, 4.69) is 10.6 Å². The standard InChI is InChI=1S/C17H14ClF3N2O2/c18-14-4-2-1-3-13(14)16(25)22-10-9-15(24)23-12-7-5-11(6-8-12)17(19,20)21/h1-8H,9-10H2,(H,22,25)(H,23,24). The Morgan fingerprint density at radius 3 is 2.24 bits per heavy atom. The summed E-state index contributed by atoms with van der Waals surface area (Å²) in [6.45, 7) is 0.0660. The highest BCUT2D eigenvalue weighted by atomic mass is 35.5. The summed E-state index contributed by atoms with van der Waals surface area (Å²) in [5.74, 6) is -0.841. The molecule has 2 amide bonds. The first-order valence-corrected chi connectivity index (χ1v) is 7.65. The van der Waals surface area contributed by atoms with Gasteiger partial charge in [0.15, 0.2) is 0 Å². The quantitative estimate of drug-likeness (QED) is 0.831. The summed E-state index contributed by atoms with van der Waals surface area (Å²) in [5.41, 5.74) is -0.250. The molecule has 0 aromatic heterocycles. The Bertz CT molecular complexity index is 761. The van der Waals surface area contributed by atoms with Crippen molar-refractivity contribution < 1.29 is 22.8 Å². The third kappa shape index (κ3) is 5.49. The topological polar surface area (TPSA) is 58.2 Å². The Hall–Kier alpha value is -2.54. The number of nitrogens with one attached hydrogen (secondary N) is 2. The molecule has 25 heavy (non-hydrogen) atoms. The molecule has 0 aliphatic heterocycles. The minimum atomic E-state index is -4.43. The van der Waals surface area contributed by atoms with Gasteiger partial charge in [-0.1, -0.05) is 23.7 Å². The molecule has 0 saturated carbocycles. The van der Waals surface area contributed by atoms with Crippen molar-refractivity contribution in [3.8, 4) is 0 Å². The van der Waals surface area contributed by atoms with Crippen molar-refractivity contribution in [2.24, 2.45) is 0 Å². The number of hydrogen-bond donors (Lipinski definition) is 2. The predicted octanol–water partition coefficient (Wildman–Crippen LogP) is 4.12. The monoisotopic (exact) mass is 370 g/mol. The zero-order valence-electron chi connectivity index (χ0n) is 12.9. The lowest BCUT2D eigenvalue weighted by Gasteiger charge is -2.09. The van der Waals surface area contributed by atoms with Crippen LogP contribution in [0.15, 0.2) is 48.5 Å². The second-order valence-corrected chi connectivity index (χ2v) is 5.52. The molecule has 0 heterocycles. The maximum Gasteiger partial charge on any atom is 0.416 e. The molecule has 0 radical (unpaired) electrons. The lowest BCUT2D eigenvalue weighted by Crippen LogP contribution is -2.27. The van der Waals surface area contributed by atoms with Gasteiger partial charge in [-0.25, -0.2) is 0 Å². The summed E-state index contributed by atoms with van der Waals surface area (Å²) in [6.07, 6.45) is -4.46. The van der Waals surface area contributed by atoms with E-state index in [1.54, 1.807) is 24.3 Å². The van der Waals surface area contributed by atoms with Crippen LogP contribution in [0, 0.1) is 0 Å². The molecule has 0 spiro atoms. The number of carbonyl (C=O) groups is 2. The minimum Gasteiger partial charge on any atom is -0.351 e. The molecule has 0 saturated heterocycles. The molecule has 2 rings (SSSR count). The van der Waals surface area contributed by atoms with Gasteiger partial charge in [0.2, 0.25) is 5.91 Å². The van der Waals surface area contributed by atoms with E-state index in [-0.39, 0.29) is 18.7 Å². The molecule has 132 valence electrons. The van der Waals surface area contributed by atoms with Gasteiger partial charge in [0, 0.05) is 18.7 Å². The van der Waals surface area contributed by atoms with Crippen molar-refractivity contribution in [3.63, 3.8) is 0 Å². The summed E-state index contributed by atoms with van der Waals surface area (Å²) < 4.78 is 37.4. The van der Waals surface area contributed by atoms with E-state index in [1.807, 2.05) is 0 Å². The second-order valence-electron chi connectivity index (χ2n) is 5.11. The van der Waals surface area contributed by atoms with Crippen LogP contribution in [0.25, 0.3) is 0 Å². The molecule has 0 atom stereocenters. The van der Waals surface area contributed by atoms with Crippen LogP contribution in [-0.4, -0.2) is 18.4 Å². The van der Waals surface area contributed by atoms with Gasteiger partial charge in [0.25, 0.3) is 5.91 Å². The van der Waals surface area contributed by atoms with Crippen molar-refractivity contribution in [1.29, 1.82) is 0 Å². The number of alkyl halides is 3. The van der Waals surface area contributed by atoms with E-state index in [4.69, 9.17) is 11.6 Å². The van der Waals surface area contributed by atoms with Gasteiger partial charge < -0.3 is 10.6 Å². The largest absolute Gasteiger partial charge is 0.416 e. The minimum absolute atomic E-state index is 0.0305. The van der Waals surface area contributed by atoms with Crippen molar-refractivity contribution in [2.75, 3.05) is 11.9 Å². The van der Waals surface area contributed by atoms with Crippen molar-refractivity contribution in [3.05, 3.63) is 64.7 Å². The molecule has 0 aliphatic carbocycles. The Balaban J connectivity index is 1.81. The number of rotatable bonds is 5. The molecule has 0 fully saturated rings. The molecule has 2 aromatic carbocycles. The molecule has 2 aromatic rings. The van der Waals surface area contributed by atoms with Gasteiger partial charge in [0.05, 0.1) is 16.1 Å². The van der Waals surface area contributed by atoms with E-state index in [1.165, 1.54) is 12.1 Å². The smallest absolute Gasteiger partial charge is 0.351 e. The summed E-state index contributed by atoms with van der Waals surface area (Å²) in [4.78, 5) is 23.7. The van der Waals surface area contributed by atoms with Crippen LogP contribution in [0.1, 0.15) is 22.3 Å². The van der Waals surface area contributed by atoms with Crippen LogP contribution in [0.4, 0.5) is 18.9 Å². The van der Waals surface area contributed by atoms with Gasteiger partial charge in [-0.15, -0.1) is 0 Å². The fourth-order valence-corrected chi connectivity index (χ4v) is 2.22. The Morgan fingerprint density at radius 2 is 1.64 bits per heavy atom. The molecule has 2 N–H and O–H groups in total. The summed E-state index contributed by atoms with van der Waals surface area (Å²) >= 11 is 5.89. The van der Waals surface area contributed by atoms with Crippen molar-refractivity contribution in [2.45, 2.75) is 12.6 Å². The normalized spacial score (nSPS) is 11.0. The average molecular weight is 371 g/mol. The van der Waals surface area contributed by atoms with Gasteiger partial charge in [-0.3, -0.25) is 9.59 Å². The number of carbonyl (C=O) groups excluding carboxylic acids is 2. The molecule has 0 bridgehead atoms. The summed E-state index contributed by atoms with van der Waals surface area (Å²) in [7, 11) is 0. The van der Waals surface area contributed by atoms with Gasteiger partial charge in [0.1, 0.15) is 0 Å². The van der Waals surface area contributed by atoms with Crippen LogP contribution in [-0.2, 0) is 11.0 Å². The number of hydrogen-bond acceptors (Lipinski definition) is 2. The van der Waals surface area contributed by atoms with Crippen molar-refractivity contribution in [1.82, 2.24) is 5.32 Å². The third-order valence-electron chi connectivity index (χ3n) is 3.25. The molecular formula is C17H14ClF3N2O2. The molecule has 0 unspecified atom stereocenters. The fourth-order valence-electron chi connectivity index (χ4n) is 2.00. The maximum atomic E-state index is 12.5. The molecule has 8 heteroatoms. The molecule has 4 nitrogen and oxygen atoms in total. The number of anilines is 1. The van der Waals surface area contributed by atoms with E-state index in [0.717, 1.165) is 12.1 Å². The Labute approximate surface area is 147 Å². The van der Waals surface area contributed by atoms with E-state index in [0.29, 0.717) is 10.6 Å². The highest BCUT2D eigenvalue weighted by molar-refractivity contribution is 6.33.